The van der Waals surface area contributed by atoms with Crippen molar-refractivity contribution < 1.29 is 18.0 Å². The fraction of sp³-hybridized carbons (Fsp3) is 0.100. The molecule has 1 amide bonds. The van der Waals surface area contributed by atoms with Crippen molar-refractivity contribution in [3.05, 3.63) is 35.8 Å². The van der Waals surface area contributed by atoms with Crippen molar-refractivity contribution in [1.82, 2.24) is 15.2 Å². The van der Waals surface area contributed by atoms with Gasteiger partial charge in [0.2, 0.25) is 0 Å². The predicted octanol–water partition coefficient (Wildman–Crippen LogP) is 1.59. The third-order valence-corrected chi connectivity index (χ3v) is 2.20. The lowest BCUT2D eigenvalue weighted by Gasteiger charge is -2.07. The van der Waals surface area contributed by atoms with Gasteiger partial charge in [0.15, 0.2) is 0 Å². The van der Waals surface area contributed by atoms with E-state index in [1.54, 1.807) is 0 Å². The van der Waals surface area contributed by atoms with Crippen LogP contribution >= 0.6 is 0 Å². The van der Waals surface area contributed by atoms with E-state index < -0.39 is 17.8 Å². The van der Waals surface area contributed by atoms with E-state index in [2.05, 4.69) is 15.2 Å². The number of hydrogen-bond acceptors (Lipinski definition) is 3. The van der Waals surface area contributed by atoms with Crippen molar-refractivity contribution in [1.29, 1.82) is 0 Å². The minimum atomic E-state index is -4.55. The van der Waals surface area contributed by atoms with Crippen LogP contribution in [0.15, 0.2) is 24.4 Å². The molecule has 0 saturated carbocycles. The highest BCUT2D eigenvalue weighted by Gasteiger charge is 2.32. The Hall–Kier alpha value is -2.38. The molecular weight excluding hydrogens is 249 g/mol. The Labute approximate surface area is 98.8 Å². The van der Waals surface area contributed by atoms with E-state index in [1.807, 2.05) is 0 Å². The minimum absolute atomic E-state index is 0.0209. The molecule has 2 heterocycles. The van der Waals surface area contributed by atoms with Gasteiger partial charge in [0, 0.05) is 0 Å². The Morgan fingerprint density at radius 3 is 2.67 bits per heavy atom. The molecule has 0 aliphatic carbocycles. The molecule has 0 atom stereocenters. The molecule has 0 fully saturated rings. The van der Waals surface area contributed by atoms with Crippen molar-refractivity contribution in [2.24, 2.45) is 5.73 Å². The van der Waals surface area contributed by atoms with Crippen LogP contribution in [0.3, 0.4) is 0 Å². The number of halogens is 3. The molecule has 0 aromatic carbocycles. The first-order chi connectivity index (χ1) is 8.39. The quantitative estimate of drug-likeness (QED) is 0.855. The van der Waals surface area contributed by atoms with Gasteiger partial charge in [-0.25, -0.2) is 4.98 Å². The summed E-state index contributed by atoms with van der Waals surface area (Å²) in [6.45, 7) is 0. The first-order valence-electron chi connectivity index (χ1n) is 4.77. The Morgan fingerprint density at radius 2 is 2.06 bits per heavy atom. The maximum absolute atomic E-state index is 12.5. The minimum Gasteiger partial charge on any atom is -0.364 e. The first kappa shape index (κ1) is 12.1. The van der Waals surface area contributed by atoms with Crippen molar-refractivity contribution in [3.63, 3.8) is 0 Å². The number of aromatic amines is 1. The van der Waals surface area contributed by atoms with Crippen molar-refractivity contribution >= 4 is 5.91 Å². The number of amides is 1. The fourth-order valence-electron chi connectivity index (χ4n) is 1.41. The van der Waals surface area contributed by atoms with Gasteiger partial charge in [-0.3, -0.25) is 9.89 Å². The monoisotopic (exact) mass is 256 g/mol. The molecule has 94 valence electrons. The summed E-state index contributed by atoms with van der Waals surface area (Å²) >= 11 is 0. The summed E-state index contributed by atoms with van der Waals surface area (Å²) in [6.07, 6.45) is -3.35. The molecule has 0 unspecified atom stereocenters. The van der Waals surface area contributed by atoms with Crippen LogP contribution in [-0.4, -0.2) is 21.1 Å². The van der Waals surface area contributed by atoms with Crippen molar-refractivity contribution in [2.45, 2.75) is 6.18 Å². The number of H-pyrrole nitrogens is 1. The topological polar surface area (TPSA) is 84.7 Å². The number of hydrogen-bond donors (Lipinski definition) is 2. The average Bonchev–Trinajstić information content (AvgIpc) is 2.77. The van der Waals surface area contributed by atoms with Crippen LogP contribution in [-0.2, 0) is 6.18 Å². The molecular formula is C10H7F3N4O. The van der Waals surface area contributed by atoms with Crippen molar-refractivity contribution in [3.8, 4) is 11.3 Å². The van der Waals surface area contributed by atoms with E-state index in [0.717, 1.165) is 6.07 Å². The second kappa shape index (κ2) is 4.13. The fourth-order valence-corrected chi connectivity index (χ4v) is 1.41. The number of aromatic nitrogens is 3. The summed E-state index contributed by atoms with van der Waals surface area (Å²) in [5.74, 6) is -0.818. The van der Waals surface area contributed by atoms with E-state index in [9.17, 15) is 18.0 Å². The van der Waals surface area contributed by atoms with Crippen molar-refractivity contribution in [2.75, 3.05) is 0 Å². The maximum Gasteiger partial charge on any atom is 0.433 e. The molecule has 3 N–H and O–H groups in total. The molecule has 0 spiro atoms. The highest BCUT2D eigenvalue weighted by molar-refractivity contribution is 5.97. The van der Waals surface area contributed by atoms with E-state index >= 15 is 0 Å². The van der Waals surface area contributed by atoms with Gasteiger partial charge < -0.3 is 5.73 Å². The number of carbonyl (C=O) groups excluding carboxylic acids is 1. The zero-order valence-corrected chi connectivity index (χ0v) is 8.82. The predicted molar refractivity (Wildman–Crippen MR) is 55.3 cm³/mol. The van der Waals surface area contributed by atoms with Crippen LogP contribution in [0.4, 0.5) is 13.2 Å². The number of nitrogens with two attached hydrogens (primary N) is 1. The van der Waals surface area contributed by atoms with E-state index in [4.69, 9.17) is 5.73 Å². The summed E-state index contributed by atoms with van der Waals surface area (Å²) < 4.78 is 37.5. The molecule has 0 radical (unpaired) electrons. The Morgan fingerprint density at radius 1 is 1.33 bits per heavy atom. The van der Waals surface area contributed by atoms with Gasteiger partial charge in [-0.15, -0.1) is 0 Å². The van der Waals surface area contributed by atoms with Gasteiger partial charge in [-0.2, -0.15) is 18.3 Å². The largest absolute Gasteiger partial charge is 0.433 e. The maximum atomic E-state index is 12.5. The van der Waals surface area contributed by atoms with Crippen LogP contribution in [0.25, 0.3) is 11.3 Å². The zero-order valence-electron chi connectivity index (χ0n) is 8.82. The van der Waals surface area contributed by atoms with Crippen LogP contribution in [0.1, 0.15) is 16.2 Å². The molecule has 0 aliphatic rings. The SMILES string of the molecule is NC(=O)c1[nH]ncc1-c1cccc(C(F)(F)F)n1. The van der Waals surface area contributed by atoms with Gasteiger partial charge in [-0.1, -0.05) is 6.07 Å². The smallest absolute Gasteiger partial charge is 0.364 e. The van der Waals surface area contributed by atoms with Gasteiger partial charge >= 0.3 is 6.18 Å². The molecule has 0 bridgehead atoms. The second-order valence-corrected chi connectivity index (χ2v) is 3.43. The summed E-state index contributed by atoms with van der Waals surface area (Å²) in [7, 11) is 0. The number of nitrogens with zero attached hydrogens (tertiary/aromatic N) is 2. The molecule has 2 aromatic rings. The third kappa shape index (κ3) is 2.17. The molecule has 5 nitrogen and oxygen atoms in total. The molecule has 0 saturated heterocycles. The second-order valence-electron chi connectivity index (χ2n) is 3.43. The van der Waals surface area contributed by atoms with Crippen LogP contribution in [0.2, 0.25) is 0 Å². The highest BCUT2D eigenvalue weighted by Crippen LogP contribution is 2.29. The van der Waals surface area contributed by atoms with Gasteiger partial charge in [-0.05, 0) is 12.1 Å². The molecule has 2 rings (SSSR count). The van der Waals surface area contributed by atoms with E-state index in [-0.39, 0.29) is 17.0 Å². The van der Waals surface area contributed by atoms with Crippen LogP contribution in [0, 0.1) is 0 Å². The molecule has 8 heteroatoms. The summed E-state index contributed by atoms with van der Waals surface area (Å²) in [5, 5.41) is 5.88. The number of primary amides is 1. The molecule has 2 aromatic heterocycles. The zero-order chi connectivity index (χ0) is 13.3. The Kier molecular flexibility index (Phi) is 2.77. The lowest BCUT2D eigenvalue weighted by atomic mass is 10.1. The number of pyridine rings is 1. The van der Waals surface area contributed by atoms with Crippen LogP contribution < -0.4 is 5.73 Å². The van der Waals surface area contributed by atoms with Gasteiger partial charge in [0.1, 0.15) is 11.4 Å². The average molecular weight is 256 g/mol. The highest BCUT2D eigenvalue weighted by atomic mass is 19.4. The summed E-state index contributed by atoms with van der Waals surface area (Å²) in [4.78, 5) is 14.5. The lowest BCUT2D eigenvalue weighted by Crippen LogP contribution is -2.13. The van der Waals surface area contributed by atoms with E-state index in [0.29, 0.717) is 0 Å². The first-order valence-corrected chi connectivity index (χ1v) is 4.77. The normalized spacial score (nSPS) is 11.5. The van der Waals surface area contributed by atoms with Crippen LogP contribution in [0.5, 0.6) is 0 Å². The summed E-state index contributed by atoms with van der Waals surface area (Å²) in [5.41, 5.74) is 4.05. The number of alkyl halides is 3. The molecule has 0 aliphatic heterocycles. The standard InChI is InChI=1S/C10H7F3N4O/c11-10(12,13)7-3-1-2-6(16-7)5-4-15-17-8(5)9(14)18/h1-4H,(H2,14,18)(H,15,17). The molecule has 18 heavy (non-hydrogen) atoms. The number of nitrogens with one attached hydrogen (secondary N) is 1. The van der Waals surface area contributed by atoms with Gasteiger partial charge in [0.05, 0.1) is 17.5 Å². The number of carbonyl (C=O) groups is 1. The van der Waals surface area contributed by atoms with Gasteiger partial charge in [0.25, 0.3) is 5.91 Å². The van der Waals surface area contributed by atoms with E-state index in [1.165, 1.54) is 18.3 Å². The lowest BCUT2D eigenvalue weighted by molar-refractivity contribution is -0.141. The Balaban J connectivity index is 2.52. The number of rotatable bonds is 2. The Bertz CT molecular complexity index is 591. The summed E-state index contributed by atoms with van der Waals surface area (Å²) in [6, 6.07) is 3.38. The third-order valence-electron chi connectivity index (χ3n) is 2.20.